The molecular formula is C15H23ClN5O2+. The Labute approximate surface area is 141 Å². The van der Waals surface area contributed by atoms with Crippen LogP contribution in [0, 0.1) is 0 Å². The highest BCUT2D eigenvalue weighted by Gasteiger charge is 2.51. The molecule has 0 bridgehead atoms. The molecule has 2 aliphatic heterocycles. The van der Waals surface area contributed by atoms with Crippen LogP contribution in [0.2, 0.25) is 0 Å². The van der Waals surface area contributed by atoms with Gasteiger partial charge in [-0.25, -0.2) is 9.37 Å². The SMILES string of the molecule is CCCCNC1=[N+](C/C=C(/C)Cl)C2C(=O)N(C)C(=O)N(C)C2=N1. The van der Waals surface area contributed by atoms with E-state index in [4.69, 9.17) is 11.6 Å². The van der Waals surface area contributed by atoms with Gasteiger partial charge in [0.05, 0.1) is 13.1 Å². The van der Waals surface area contributed by atoms with E-state index in [1.165, 1.54) is 11.9 Å². The number of amidine groups is 1. The Balaban J connectivity index is 2.35. The average molecular weight is 341 g/mol. The molecule has 0 aromatic rings. The maximum absolute atomic E-state index is 12.6. The van der Waals surface area contributed by atoms with E-state index in [1.54, 1.807) is 14.0 Å². The number of carbonyl (C=O) groups is 2. The lowest BCUT2D eigenvalue weighted by Gasteiger charge is -2.31. The lowest BCUT2D eigenvalue weighted by Crippen LogP contribution is -2.61. The molecule has 8 heteroatoms. The summed E-state index contributed by atoms with van der Waals surface area (Å²) in [5.41, 5.74) is 0. The highest BCUT2D eigenvalue weighted by atomic mass is 35.5. The number of likely N-dealkylation sites (N-methyl/N-ethyl adjacent to an activating group) is 2. The minimum absolute atomic E-state index is 0.278. The fourth-order valence-corrected chi connectivity index (χ4v) is 2.60. The van der Waals surface area contributed by atoms with Crippen molar-refractivity contribution in [1.82, 2.24) is 15.1 Å². The number of allylic oxidation sites excluding steroid dienone is 1. The molecule has 2 rings (SSSR count). The summed E-state index contributed by atoms with van der Waals surface area (Å²) in [4.78, 5) is 31.7. The zero-order chi connectivity index (χ0) is 17.1. The molecule has 126 valence electrons. The number of halogens is 1. The van der Waals surface area contributed by atoms with Crippen molar-refractivity contribution in [3.05, 3.63) is 11.1 Å². The molecule has 2 aliphatic rings. The number of hydrogen-bond acceptors (Lipinski definition) is 4. The van der Waals surface area contributed by atoms with E-state index < -0.39 is 6.04 Å². The topological polar surface area (TPSA) is 68.0 Å². The van der Waals surface area contributed by atoms with Crippen molar-refractivity contribution in [2.75, 3.05) is 27.2 Å². The second-order valence-electron chi connectivity index (χ2n) is 5.66. The highest BCUT2D eigenvalue weighted by molar-refractivity contribution is 6.29. The second-order valence-corrected chi connectivity index (χ2v) is 6.25. The zero-order valence-corrected chi connectivity index (χ0v) is 14.7. The normalized spacial score (nSPS) is 21.9. The Morgan fingerprint density at radius 1 is 1.39 bits per heavy atom. The summed E-state index contributed by atoms with van der Waals surface area (Å²) in [5.74, 6) is 0.786. The van der Waals surface area contributed by atoms with E-state index in [0.717, 1.165) is 24.3 Å². The molecule has 1 fully saturated rings. The van der Waals surface area contributed by atoms with Gasteiger partial charge in [0.25, 0.3) is 5.91 Å². The number of hydrogen-bond donors (Lipinski definition) is 1. The second kappa shape index (κ2) is 7.12. The smallest absolute Gasteiger partial charge is 0.275 e. The number of fused-ring (bicyclic) bond motifs is 1. The summed E-state index contributed by atoms with van der Waals surface area (Å²) < 4.78 is 1.85. The molecule has 0 aromatic carbocycles. The Bertz CT molecular complexity index is 607. The number of amides is 3. The van der Waals surface area contributed by atoms with Gasteiger partial charge in [-0.2, -0.15) is 0 Å². The molecule has 0 saturated carbocycles. The number of aliphatic imine (C=N–C) groups is 1. The fourth-order valence-electron chi connectivity index (χ4n) is 2.53. The number of unbranched alkanes of at least 4 members (excludes halogenated alkanes) is 1. The Hall–Kier alpha value is -1.89. The molecule has 0 spiro atoms. The van der Waals surface area contributed by atoms with Crippen LogP contribution >= 0.6 is 11.6 Å². The van der Waals surface area contributed by atoms with Crippen LogP contribution in [0.1, 0.15) is 26.7 Å². The van der Waals surface area contributed by atoms with Gasteiger partial charge in [0.15, 0.2) is 0 Å². The third-order valence-corrected chi connectivity index (χ3v) is 4.07. The van der Waals surface area contributed by atoms with Crippen LogP contribution in [0.4, 0.5) is 4.79 Å². The first-order valence-corrected chi connectivity index (χ1v) is 8.09. The van der Waals surface area contributed by atoms with Crippen LogP contribution in [0.5, 0.6) is 0 Å². The summed E-state index contributed by atoms with van der Waals surface area (Å²) in [6, 6.07) is -0.970. The van der Waals surface area contributed by atoms with E-state index in [1.807, 2.05) is 10.7 Å². The summed E-state index contributed by atoms with van der Waals surface area (Å²) in [7, 11) is 3.12. The van der Waals surface area contributed by atoms with Gasteiger partial charge in [-0.05, 0) is 19.4 Å². The monoisotopic (exact) mass is 340 g/mol. The van der Waals surface area contributed by atoms with Gasteiger partial charge in [0.2, 0.25) is 11.9 Å². The van der Waals surface area contributed by atoms with Crippen LogP contribution in [-0.4, -0.2) is 71.3 Å². The van der Waals surface area contributed by atoms with Crippen LogP contribution in [-0.2, 0) is 4.79 Å². The number of carbonyl (C=O) groups excluding carboxylic acids is 2. The standard InChI is InChI=1S/C15H22ClN5O2/c1-5-6-8-17-14-18-12-11(21(14)9-7-10(2)16)13(22)20(4)15(23)19(12)3/h7,11H,5-6,8-9H2,1-4H3/p+1/b10-7-. The molecular weight excluding hydrogens is 318 g/mol. The number of rotatable bonds is 5. The van der Waals surface area contributed by atoms with Gasteiger partial charge in [-0.15, -0.1) is 0 Å². The third kappa shape index (κ3) is 3.39. The molecule has 23 heavy (non-hydrogen) atoms. The van der Waals surface area contributed by atoms with Crippen molar-refractivity contribution in [3.63, 3.8) is 0 Å². The first kappa shape index (κ1) is 17.5. The molecule has 3 amide bonds. The van der Waals surface area contributed by atoms with Gasteiger partial charge < -0.3 is 0 Å². The quantitative estimate of drug-likeness (QED) is 0.604. The molecule has 7 nitrogen and oxygen atoms in total. The summed E-state index contributed by atoms with van der Waals surface area (Å²) in [6.07, 6.45) is 3.88. The lowest BCUT2D eigenvalue weighted by atomic mass is 10.1. The maximum atomic E-state index is 12.6. The van der Waals surface area contributed by atoms with Gasteiger partial charge in [0.1, 0.15) is 0 Å². The molecule has 0 radical (unpaired) electrons. The van der Waals surface area contributed by atoms with E-state index in [2.05, 4.69) is 17.2 Å². The molecule has 1 atom stereocenters. The van der Waals surface area contributed by atoms with Crippen LogP contribution in [0.15, 0.2) is 16.1 Å². The summed E-state index contributed by atoms with van der Waals surface area (Å²) in [5, 5.41) is 3.90. The fraction of sp³-hybridized carbons (Fsp3) is 0.600. The summed E-state index contributed by atoms with van der Waals surface area (Å²) in [6.45, 7) is 5.10. The average Bonchev–Trinajstić information content (AvgIpc) is 2.88. The van der Waals surface area contributed by atoms with E-state index in [0.29, 0.717) is 23.4 Å². The molecule has 1 saturated heterocycles. The van der Waals surface area contributed by atoms with Crippen molar-refractivity contribution >= 4 is 35.3 Å². The Morgan fingerprint density at radius 3 is 2.70 bits per heavy atom. The van der Waals surface area contributed by atoms with E-state index in [-0.39, 0.29) is 11.9 Å². The van der Waals surface area contributed by atoms with Crippen molar-refractivity contribution in [3.8, 4) is 0 Å². The predicted molar refractivity (Wildman–Crippen MR) is 89.8 cm³/mol. The van der Waals surface area contributed by atoms with Gasteiger partial charge in [-0.1, -0.05) is 29.9 Å². The Kier molecular flexibility index (Phi) is 5.41. The van der Waals surface area contributed by atoms with Crippen molar-refractivity contribution in [2.45, 2.75) is 32.7 Å². The minimum atomic E-state index is -0.598. The highest BCUT2D eigenvalue weighted by Crippen LogP contribution is 2.18. The number of nitrogens with zero attached hydrogens (tertiary/aromatic N) is 4. The van der Waals surface area contributed by atoms with Crippen LogP contribution < -0.4 is 5.32 Å². The zero-order valence-electron chi connectivity index (χ0n) is 14.0. The first-order chi connectivity index (χ1) is 10.9. The van der Waals surface area contributed by atoms with Crippen LogP contribution in [0.3, 0.4) is 0 Å². The lowest BCUT2D eigenvalue weighted by molar-refractivity contribution is -0.527. The molecule has 0 aliphatic carbocycles. The predicted octanol–water partition coefficient (Wildman–Crippen LogP) is 1.19. The number of guanidine groups is 1. The molecule has 1 N–H and O–H groups in total. The van der Waals surface area contributed by atoms with Crippen molar-refractivity contribution in [2.24, 2.45) is 4.99 Å². The first-order valence-electron chi connectivity index (χ1n) is 7.72. The van der Waals surface area contributed by atoms with Gasteiger partial charge in [-0.3, -0.25) is 19.9 Å². The molecule has 2 heterocycles. The van der Waals surface area contributed by atoms with Gasteiger partial charge >= 0.3 is 12.0 Å². The molecule has 1 unspecified atom stereocenters. The number of nitrogens with one attached hydrogen (secondary N) is 1. The molecule has 0 aromatic heterocycles. The van der Waals surface area contributed by atoms with E-state index >= 15 is 0 Å². The Morgan fingerprint density at radius 2 is 2.09 bits per heavy atom. The minimum Gasteiger partial charge on any atom is -0.275 e. The number of urea groups is 1. The largest absolute Gasteiger partial charge is 0.390 e. The maximum Gasteiger partial charge on any atom is 0.390 e. The summed E-state index contributed by atoms with van der Waals surface area (Å²) >= 11 is 5.93. The van der Waals surface area contributed by atoms with E-state index in [9.17, 15) is 9.59 Å². The van der Waals surface area contributed by atoms with Crippen molar-refractivity contribution in [1.29, 1.82) is 0 Å². The van der Waals surface area contributed by atoms with Gasteiger partial charge in [0, 0.05) is 19.1 Å². The van der Waals surface area contributed by atoms with Crippen molar-refractivity contribution < 1.29 is 14.2 Å². The van der Waals surface area contributed by atoms with Crippen LogP contribution in [0.25, 0.3) is 0 Å². The number of imide groups is 1. The third-order valence-electron chi connectivity index (χ3n) is 3.91.